The van der Waals surface area contributed by atoms with E-state index in [1.165, 1.54) is 0 Å². The minimum absolute atomic E-state index is 0.278. The van der Waals surface area contributed by atoms with Gasteiger partial charge < -0.3 is 15.1 Å². The molecular weight excluding hydrogens is 350 g/mol. The highest BCUT2D eigenvalue weighted by Crippen LogP contribution is 2.27. The van der Waals surface area contributed by atoms with Crippen molar-refractivity contribution in [2.75, 3.05) is 43.4 Å². The van der Waals surface area contributed by atoms with Gasteiger partial charge in [-0.2, -0.15) is 0 Å². The summed E-state index contributed by atoms with van der Waals surface area (Å²) >= 11 is 6.30. The molecule has 1 amide bonds. The molecule has 1 N–H and O–H groups in total. The first-order valence-corrected chi connectivity index (χ1v) is 9.08. The summed E-state index contributed by atoms with van der Waals surface area (Å²) in [6.45, 7) is 9.39. The fraction of sp³-hybridized carbons (Fsp3) is 0.421. The van der Waals surface area contributed by atoms with Crippen molar-refractivity contribution in [3.8, 4) is 0 Å². The molecule has 1 fully saturated rings. The number of anilines is 2. The van der Waals surface area contributed by atoms with Crippen LogP contribution in [0.1, 0.15) is 27.3 Å². The van der Waals surface area contributed by atoms with Crippen LogP contribution in [0.4, 0.5) is 11.6 Å². The second kappa shape index (κ2) is 7.60. The van der Waals surface area contributed by atoms with Gasteiger partial charge in [-0.05, 0) is 51.1 Å². The molecule has 2 aromatic rings. The molecular formula is C19H24ClN5O. The van der Waals surface area contributed by atoms with Gasteiger partial charge in [0.15, 0.2) is 0 Å². The van der Waals surface area contributed by atoms with E-state index in [0.29, 0.717) is 22.4 Å². The molecule has 1 aliphatic rings. The Bertz CT molecular complexity index is 808. The lowest BCUT2D eigenvalue weighted by atomic mass is 10.1. The van der Waals surface area contributed by atoms with E-state index < -0.39 is 0 Å². The Morgan fingerprint density at radius 3 is 2.42 bits per heavy atom. The van der Waals surface area contributed by atoms with E-state index >= 15 is 0 Å². The standard InChI is InChI=1S/C19H24ClN5O/c1-12-9-13(2)17(15(20)10-12)23-18(26)16-11-14(3)21-19(22-16)25-7-5-24(4)6-8-25/h9-11H,5-8H2,1-4H3,(H,23,26). The van der Waals surface area contributed by atoms with Crippen molar-refractivity contribution in [1.82, 2.24) is 14.9 Å². The van der Waals surface area contributed by atoms with Crippen LogP contribution in [-0.2, 0) is 0 Å². The molecule has 1 saturated heterocycles. The smallest absolute Gasteiger partial charge is 0.274 e. The number of hydrogen-bond acceptors (Lipinski definition) is 5. The predicted octanol–water partition coefficient (Wildman–Crippen LogP) is 3.06. The topological polar surface area (TPSA) is 61.4 Å². The van der Waals surface area contributed by atoms with Crippen molar-refractivity contribution in [2.45, 2.75) is 20.8 Å². The van der Waals surface area contributed by atoms with Gasteiger partial charge in [-0.1, -0.05) is 17.7 Å². The third-order valence-corrected chi connectivity index (χ3v) is 4.83. The summed E-state index contributed by atoms with van der Waals surface area (Å²) in [6.07, 6.45) is 0. The summed E-state index contributed by atoms with van der Waals surface area (Å²) in [5.74, 6) is 0.328. The van der Waals surface area contributed by atoms with Gasteiger partial charge in [-0.15, -0.1) is 0 Å². The minimum Gasteiger partial charge on any atom is -0.338 e. The summed E-state index contributed by atoms with van der Waals surface area (Å²) in [7, 11) is 2.10. The number of aromatic nitrogens is 2. The lowest BCUT2D eigenvalue weighted by Gasteiger charge is -2.32. The van der Waals surface area contributed by atoms with Crippen LogP contribution < -0.4 is 10.2 Å². The van der Waals surface area contributed by atoms with Crippen molar-refractivity contribution in [3.63, 3.8) is 0 Å². The SMILES string of the molecule is Cc1cc(C)c(NC(=O)c2cc(C)nc(N3CCN(C)CC3)n2)c(Cl)c1. The molecule has 26 heavy (non-hydrogen) atoms. The highest BCUT2D eigenvalue weighted by molar-refractivity contribution is 6.34. The molecule has 3 rings (SSSR count). The Labute approximate surface area is 159 Å². The van der Waals surface area contributed by atoms with Gasteiger partial charge >= 0.3 is 0 Å². The first-order chi connectivity index (χ1) is 12.3. The number of aryl methyl sites for hydroxylation is 3. The van der Waals surface area contributed by atoms with Gasteiger partial charge in [-0.25, -0.2) is 9.97 Å². The van der Waals surface area contributed by atoms with Crippen LogP contribution in [0.5, 0.6) is 0 Å². The number of carbonyl (C=O) groups is 1. The zero-order valence-electron chi connectivity index (χ0n) is 15.6. The molecule has 1 aliphatic heterocycles. The molecule has 0 spiro atoms. The van der Waals surface area contributed by atoms with Gasteiger partial charge in [0.05, 0.1) is 10.7 Å². The number of carbonyl (C=O) groups excluding carboxylic acids is 1. The lowest BCUT2D eigenvalue weighted by molar-refractivity contribution is 0.102. The number of nitrogens with zero attached hydrogens (tertiary/aromatic N) is 4. The number of nitrogens with one attached hydrogen (secondary N) is 1. The molecule has 0 saturated carbocycles. The molecule has 0 atom stereocenters. The van der Waals surface area contributed by atoms with Crippen LogP contribution >= 0.6 is 11.6 Å². The Morgan fingerprint density at radius 2 is 1.77 bits per heavy atom. The Balaban J connectivity index is 1.84. The van der Waals surface area contributed by atoms with Crippen molar-refractivity contribution in [3.05, 3.63) is 45.7 Å². The summed E-state index contributed by atoms with van der Waals surface area (Å²) in [4.78, 5) is 26.1. The summed E-state index contributed by atoms with van der Waals surface area (Å²) in [5, 5.41) is 3.43. The van der Waals surface area contributed by atoms with E-state index in [-0.39, 0.29) is 5.91 Å². The fourth-order valence-electron chi connectivity index (χ4n) is 3.07. The molecule has 0 radical (unpaired) electrons. The molecule has 0 unspecified atom stereocenters. The van der Waals surface area contributed by atoms with Gasteiger partial charge in [0.2, 0.25) is 5.95 Å². The summed E-state index contributed by atoms with van der Waals surface area (Å²) in [6, 6.07) is 5.53. The van der Waals surface area contributed by atoms with Crippen LogP contribution in [0.25, 0.3) is 0 Å². The van der Waals surface area contributed by atoms with E-state index in [2.05, 4.69) is 32.1 Å². The molecule has 1 aromatic heterocycles. The van der Waals surface area contributed by atoms with Crippen molar-refractivity contribution in [2.24, 2.45) is 0 Å². The van der Waals surface area contributed by atoms with Crippen molar-refractivity contribution in [1.29, 1.82) is 0 Å². The fourth-order valence-corrected chi connectivity index (χ4v) is 3.44. The van der Waals surface area contributed by atoms with Crippen molar-refractivity contribution < 1.29 is 4.79 Å². The van der Waals surface area contributed by atoms with Gasteiger partial charge in [0.1, 0.15) is 5.69 Å². The molecule has 0 aliphatic carbocycles. The third kappa shape index (κ3) is 4.14. The Kier molecular flexibility index (Phi) is 5.44. The molecule has 2 heterocycles. The van der Waals surface area contributed by atoms with E-state index in [1.807, 2.05) is 32.9 Å². The Morgan fingerprint density at radius 1 is 1.08 bits per heavy atom. The molecule has 6 nitrogen and oxygen atoms in total. The van der Waals surface area contributed by atoms with Gasteiger partial charge in [0.25, 0.3) is 5.91 Å². The maximum Gasteiger partial charge on any atom is 0.274 e. The molecule has 1 aromatic carbocycles. The second-order valence-corrected chi connectivity index (χ2v) is 7.28. The lowest BCUT2D eigenvalue weighted by Crippen LogP contribution is -2.45. The number of hydrogen-bond donors (Lipinski definition) is 1. The van der Waals surface area contributed by atoms with Crippen LogP contribution in [0.2, 0.25) is 5.02 Å². The zero-order valence-corrected chi connectivity index (χ0v) is 16.4. The molecule has 0 bridgehead atoms. The number of piperazine rings is 1. The zero-order chi connectivity index (χ0) is 18.8. The minimum atomic E-state index is -0.278. The number of benzene rings is 1. The quantitative estimate of drug-likeness (QED) is 0.895. The van der Waals surface area contributed by atoms with Crippen molar-refractivity contribution >= 4 is 29.1 Å². The third-order valence-electron chi connectivity index (χ3n) is 4.53. The summed E-state index contributed by atoms with van der Waals surface area (Å²) < 4.78 is 0. The number of rotatable bonds is 3. The highest BCUT2D eigenvalue weighted by atomic mass is 35.5. The molecule has 7 heteroatoms. The number of likely N-dealkylation sites (N-methyl/N-ethyl adjacent to an activating group) is 1. The number of amides is 1. The highest BCUT2D eigenvalue weighted by Gasteiger charge is 2.20. The maximum atomic E-state index is 12.8. The monoisotopic (exact) mass is 373 g/mol. The van der Waals surface area contributed by atoms with Gasteiger partial charge in [0, 0.05) is 31.9 Å². The van der Waals surface area contributed by atoms with Crippen LogP contribution in [0, 0.1) is 20.8 Å². The normalized spacial score (nSPS) is 15.2. The first kappa shape index (κ1) is 18.6. The molecule has 138 valence electrons. The van der Waals surface area contributed by atoms with E-state index in [9.17, 15) is 4.79 Å². The average Bonchev–Trinajstić information content (AvgIpc) is 2.58. The summed E-state index contributed by atoms with van der Waals surface area (Å²) in [5.41, 5.74) is 3.72. The van der Waals surface area contributed by atoms with E-state index in [1.54, 1.807) is 6.07 Å². The van der Waals surface area contributed by atoms with Gasteiger partial charge in [-0.3, -0.25) is 4.79 Å². The van der Waals surface area contributed by atoms with E-state index in [0.717, 1.165) is 43.0 Å². The second-order valence-electron chi connectivity index (χ2n) is 6.88. The Hall–Kier alpha value is -2.18. The largest absolute Gasteiger partial charge is 0.338 e. The van der Waals surface area contributed by atoms with Crippen LogP contribution in [-0.4, -0.2) is 54.0 Å². The van der Waals surface area contributed by atoms with E-state index in [4.69, 9.17) is 11.6 Å². The predicted molar refractivity (Wildman–Crippen MR) is 105 cm³/mol. The van der Waals surface area contributed by atoms with Crippen LogP contribution in [0.3, 0.4) is 0 Å². The van der Waals surface area contributed by atoms with Crippen LogP contribution in [0.15, 0.2) is 18.2 Å². The average molecular weight is 374 g/mol. The maximum absolute atomic E-state index is 12.8. The first-order valence-electron chi connectivity index (χ1n) is 8.71. The number of halogens is 1.